The van der Waals surface area contributed by atoms with Crippen LogP contribution in [0.3, 0.4) is 0 Å². The Morgan fingerprint density at radius 1 is 1.03 bits per heavy atom. The van der Waals surface area contributed by atoms with Crippen molar-refractivity contribution in [1.29, 1.82) is 0 Å². The van der Waals surface area contributed by atoms with Gasteiger partial charge in [0.2, 0.25) is 11.8 Å². The lowest BCUT2D eigenvalue weighted by molar-refractivity contribution is -0.127. The molecule has 5 nitrogen and oxygen atoms in total. The summed E-state index contributed by atoms with van der Waals surface area (Å²) >= 11 is 8.13. The van der Waals surface area contributed by atoms with Gasteiger partial charge in [-0.25, -0.2) is 0 Å². The minimum absolute atomic E-state index is 0.0253. The van der Waals surface area contributed by atoms with Crippen LogP contribution in [-0.4, -0.2) is 18.4 Å². The molecule has 1 aromatic heterocycles. The highest BCUT2D eigenvalue weighted by Crippen LogP contribution is 2.39. The van der Waals surface area contributed by atoms with Crippen molar-refractivity contribution in [3.8, 4) is 11.1 Å². The number of benzene rings is 2. The van der Waals surface area contributed by atoms with Crippen LogP contribution in [0.25, 0.3) is 11.1 Å². The Kier molecular flexibility index (Phi) is 8.03. The minimum atomic E-state index is -0.463. The topological polar surface area (TPSA) is 98.2 Å². The summed E-state index contributed by atoms with van der Waals surface area (Å²) in [7, 11) is 0. The zero-order chi connectivity index (χ0) is 24.1. The molecule has 34 heavy (non-hydrogen) atoms. The van der Waals surface area contributed by atoms with E-state index in [2.05, 4.69) is 17.4 Å². The molecule has 0 saturated heterocycles. The van der Waals surface area contributed by atoms with Crippen LogP contribution in [0.5, 0.6) is 0 Å². The minimum Gasteiger partial charge on any atom is -0.366 e. The van der Waals surface area contributed by atoms with Crippen LogP contribution in [0.2, 0.25) is 4.34 Å². The van der Waals surface area contributed by atoms with E-state index in [1.807, 2.05) is 36.4 Å². The van der Waals surface area contributed by atoms with Crippen molar-refractivity contribution >= 4 is 34.8 Å². The van der Waals surface area contributed by atoms with Crippen LogP contribution in [0.4, 0.5) is 0 Å². The summed E-state index contributed by atoms with van der Waals surface area (Å²) in [6, 6.07) is 19.1. The van der Waals surface area contributed by atoms with Gasteiger partial charge in [0.1, 0.15) is 4.34 Å². The summed E-state index contributed by atoms with van der Waals surface area (Å²) in [6.07, 6.45) is 4.47. The first kappa shape index (κ1) is 24.5. The number of rotatable bonds is 8. The van der Waals surface area contributed by atoms with Crippen molar-refractivity contribution in [3.05, 3.63) is 81.0 Å². The van der Waals surface area contributed by atoms with Crippen molar-refractivity contribution in [1.82, 2.24) is 5.32 Å². The van der Waals surface area contributed by atoms with Gasteiger partial charge < -0.3 is 16.8 Å². The predicted octanol–water partition coefficient (Wildman–Crippen LogP) is 5.33. The summed E-state index contributed by atoms with van der Waals surface area (Å²) < 4.78 is 0.651. The Hall–Kier alpha value is -2.67. The third-order valence-corrected chi connectivity index (χ3v) is 8.15. The van der Waals surface area contributed by atoms with E-state index in [1.54, 1.807) is 12.1 Å². The Morgan fingerprint density at radius 3 is 2.32 bits per heavy atom. The summed E-state index contributed by atoms with van der Waals surface area (Å²) in [5.74, 6) is 0.198. The van der Waals surface area contributed by atoms with E-state index in [1.165, 1.54) is 11.3 Å². The number of thiophene rings is 1. The molecule has 3 aromatic rings. The lowest BCUT2D eigenvalue weighted by Gasteiger charge is -2.28. The molecule has 1 aliphatic carbocycles. The molecule has 0 bridgehead atoms. The summed E-state index contributed by atoms with van der Waals surface area (Å²) in [5, 5.41) is 3.32. The molecular weight excluding hydrogens is 466 g/mol. The molecule has 1 atom stereocenters. The smallest absolute Gasteiger partial charge is 0.248 e. The van der Waals surface area contributed by atoms with Crippen molar-refractivity contribution in [3.63, 3.8) is 0 Å². The fraction of sp³-hybridized carbons (Fsp3) is 0.333. The second-order valence-corrected chi connectivity index (χ2v) is 10.7. The Morgan fingerprint density at radius 2 is 1.71 bits per heavy atom. The molecule has 0 spiro atoms. The summed E-state index contributed by atoms with van der Waals surface area (Å²) in [5.41, 5.74) is 14.6. The number of carbonyl (C=O) groups excluding carboxylic acids is 2. The average molecular weight is 496 g/mol. The van der Waals surface area contributed by atoms with Gasteiger partial charge in [-0.05, 0) is 73.9 Å². The van der Waals surface area contributed by atoms with Crippen LogP contribution in [0.1, 0.15) is 52.5 Å². The van der Waals surface area contributed by atoms with Crippen LogP contribution in [-0.2, 0) is 11.2 Å². The number of carbonyl (C=O) groups is 2. The molecule has 1 unspecified atom stereocenters. The van der Waals surface area contributed by atoms with Gasteiger partial charge in [0.15, 0.2) is 0 Å². The zero-order valence-corrected chi connectivity index (χ0v) is 20.6. The van der Waals surface area contributed by atoms with E-state index in [4.69, 9.17) is 23.1 Å². The maximum absolute atomic E-state index is 13.2. The van der Waals surface area contributed by atoms with Gasteiger partial charge in [-0.1, -0.05) is 54.1 Å². The van der Waals surface area contributed by atoms with E-state index < -0.39 is 5.91 Å². The van der Waals surface area contributed by atoms with Crippen LogP contribution in [0, 0.1) is 11.8 Å². The number of amides is 2. The molecule has 0 aliphatic heterocycles. The highest BCUT2D eigenvalue weighted by molar-refractivity contribution is 7.16. The van der Waals surface area contributed by atoms with Crippen LogP contribution < -0.4 is 16.8 Å². The Bertz CT molecular complexity index is 1120. The molecule has 2 amide bonds. The molecule has 0 radical (unpaired) electrons. The van der Waals surface area contributed by atoms with Gasteiger partial charge in [-0.15, -0.1) is 11.3 Å². The molecule has 178 valence electrons. The van der Waals surface area contributed by atoms with Crippen LogP contribution in [0.15, 0.2) is 60.7 Å². The molecule has 5 N–H and O–H groups in total. The molecule has 1 saturated carbocycles. The van der Waals surface area contributed by atoms with E-state index in [0.717, 1.165) is 47.3 Å². The van der Waals surface area contributed by atoms with Gasteiger partial charge in [0.25, 0.3) is 0 Å². The lowest BCUT2D eigenvalue weighted by Crippen LogP contribution is -2.37. The van der Waals surface area contributed by atoms with Crippen molar-refractivity contribution in [2.45, 2.75) is 38.1 Å². The number of primary amides is 1. The first-order chi connectivity index (χ1) is 16.4. The normalized spacial score (nSPS) is 18.9. The van der Waals surface area contributed by atoms with Crippen molar-refractivity contribution < 1.29 is 9.59 Å². The van der Waals surface area contributed by atoms with Crippen molar-refractivity contribution in [2.75, 3.05) is 6.54 Å². The average Bonchev–Trinajstić information content (AvgIpc) is 3.25. The van der Waals surface area contributed by atoms with E-state index in [9.17, 15) is 9.59 Å². The monoisotopic (exact) mass is 495 g/mol. The second kappa shape index (κ2) is 11.2. The number of hydrogen-bond acceptors (Lipinski definition) is 4. The summed E-state index contributed by atoms with van der Waals surface area (Å²) in [6.45, 7) is 0.696. The first-order valence-electron chi connectivity index (χ1n) is 11.7. The molecule has 1 fully saturated rings. The number of nitrogens with one attached hydrogen (secondary N) is 1. The predicted molar refractivity (Wildman–Crippen MR) is 139 cm³/mol. The first-order valence-corrected chi connectivity index (χ1v) is 12.9. The maximum atomic E-state index is 13.2. The number of halogens is 1. The standard InChI is InChI=1S/C27H30ClN3O2S/c28-25-22(19-10-12-20(13-11-19)26(30)32)15-24(34-25)23(14-17-4-2-1-3-5-17)31-27(33)21-8-6-18(16-29)7-9-21/h1-5,10-13,15,18,21,23H,6-9,14,16,29H2,(H2,30,32)(H,31,33)/t18-,21-,23?. The molecule has 1 heterocycles. The van der Waals surface area contributed by atoms with Gasteiger partial charge in [-0.3, -0.25) is 9.59 Å². The van der Waals surface area contributed by atoms with Crippen LogP contribution >= 0.6 is 22.9 Å². The zero-order valence-electron chi connectivity index (χ0n) is 19.0. The number of nitrogens with two attached hydrogens (primary N) is 2. The highest BCUT2D eigenvalue weighted by atomic mass is 35.5. The van der Waals surface area contributed by atoms with E-state index in [0.29, 0.717) is 28.8 Å². The van der Waals surface area contributed by atoms with Gasteiger partial charge in [0, 0.05) is 21.9 Å². The molecule has 4 rings (SSSR count). The highest BCUT2D eigenvalue weighted by Gasteiger charge is 2.28. The van der Waals surface area contributed by atoms with Gasteiger partial charge >= 0.3 is 0 Å². The fourth-order valence-corrected chi connectivity index (χ4v) is 5.98. The van der Waals surface area contributed by atoms with E-state index in [-0.39, 0.29) is 17.9 Å². The fourth-order valence-electron chi connectivity index (χ4n) is 4.59. The Labute approximate surface area is 209 Å². The van der Waals surface area contributed by atoms with Crippen molar-refractivity contribution in [2.24, 2.45) is 23.3 Å². The van der Waals surface area contributed by atoms with E-state index >= 15 is 0 Å². The molecule has 2 aromatic carbocycles. The third kappa shape index (κ3) is 5.87. The molecular formula is C27H30ClN3O2S. The number of hydrogen-bond donors (Lipinski definition) is 3. The largest absolute Gasteiger partial charge is 0.366 e. The quantitative estimate of drug-likeness (QED) is 0.393. The Balaban J connectivity index is 1.57. The SMILES string of the molecule is NC[C@H]1CC[C@H](C(=O)NC(Cc2ccccc2)c2cc(-c3ccc(C(N)=O)cc3)c(Cl)s2)CC1. The summed E-state index contributed by atoms with van der Waals surface area (Å²) in [4.78, 5) is 25.6. The van der Waals surface area contributed by atoms with Gasteiger partial charge in [0.05, 0.1) is 6.04 Å². The van der Waals surface area contributed by atoms with Gasteiger partial charge in [-0.2, -0.15) is 0 Å². The second-order valence-electron chi connectivity index (χ2n) is 8.98. The molecule has 1 aliphatic rings. The third-order valence-electron chi connectivity index (χ3n) is 6.68. The molecule has 7 heteroatoms. The lowest BCUT2D eigenvalue weighted by atomic mass is 9.81. The maximum Gasteiger partial charge on any atom is 0.248 e.